The zero-order chi connectivity index (χ0) is 2.00. The Bertz CT molecular complexity index is 8.00. The van der Waals surface area contributed by atoms with Gasteiger partial charge in [-0.05, 0) is 0 Å². The second-order valence-electron chi connectivity index (χ2n) is 0. The fraction of sp³-hybridized carbons (Fsp3) is 0. The molecule has 0 aromatic rings. The Morgan fingerprint density at radius 2 is 1.25 bits per heavy atom. The predicted molar refractivity (Wildman–Crippen MR) is 10.6 cm³/mol. The van der Waals surface area contributed by atoms with Gasteiger partial charge in [0.05, 0.1) is 0 Å². The molecule has 0 saturated carbocycles. The molecule has 1 nitrogen and oxygen atoms in total. The van der Waals surface area contributed by atoms with Crippen molar-refractivity contribution < 1.29 is 63.6 Å². The second-order valence-corrected chi connectivity index (χ2v) is 0. The third-order valence-corrected chi connectivity index (χ3v) is 0. The molecule has 0 heterocycles. The van der Waals surface area contributed by atoms with E-state index in [4.69, 9.17) is 3.57 Å². The van der Waals surface area contributed by atoms with Crippen LogP contribution in [0.5, 0.6) is 0 Å². The van der Waals surface area contributed by atoms with Crippen molar-refractivity contribution in [2.24, 2.45) is 0 Å². The van der Waals surface area contributed by atoms with Gasteiger partial charge in [-0.25, -0.2) is 0 Å². The van der Waals surface area contributed by atoms with E-state index in [1.54, 1.807) is 0 Å². The van der Waals surface area contributed by atoms with Crippen molar-refractivity contribution in [1.29, 1.82) is 0 Å². The number of hydrogen-bond donors (Lipinski definition) is 0. The minimum absolute atomic E-state index is 0. The van der Waals surface area contributed by atoms with Crippen LogP contribution in [0.1, 0.15) is 0 Å². The van der Waals surface area contributed by atoms with Crippen molar-refractivity contribution in [3.05, 3.63) is 0 Å². The third kappa shape index (κ3) is 8.82. The van der Waals surface area contributed by atoms with Gasteiger partial charge in [0.1, 0.15) is 0 Å². The quantitative estimate of drug-likeness (QED) is 0.501. The number of rotatable bonds is 0. The molecule has 0 amide bonds. The molecule has 18 valence electrons. The Morgan fingerprint density at radius 3 is 1.25 bits per heavy atom. The van der Waals surface area contributed by atoms with Gasteiger partial charge in [-0.1, -0.05) is 0 Å². The second kappa shape index (κ2) is 17.3. The van der Waals surface area contributed by atoms with Gasteiger partial charge in [0.2, 0.25) is 0 Å². The van der Waals surface area contributed by atoms with Crippen molar-refractivity contribution in [2.75, 3.05) is 0 Å². The summed E-state index contributed by atoms with van der Waals surface area (Å²) >= 11 is 0.125. The van der Waals surface area contributed by atoms with Crippen LogP contribution in [0.4, 0.5) is 0 Å². The molecular weight excluding hydrogens is 336 g/mol. The Hall–Kier alpha value is 2.67. The van der Waals surface area contributed by atoms with Crippen LogP contribution in [0, 0.1) is 41.7 Å². The van der Waals surface area contributed by atoms with Gasteiger partial charge in [0.15, 0.2) is 0 Å². The Kier molecular flexibility index (Phi) is 69.0. The standard InChI is InChI=1S/Ce.In.O.Zn.3H. The number of hydrogen-bond acceptors (Lipinski definition) is 1. The first-order valence-electron chi connectivity index (χ1n) is 0.289. The molecule has 4 heteroatoms. The maximum atomic E-state index is 8.38. The van der Waals surface area contributed by atoms with Crippen LogP contribution in [0.2, 0.25) is 0 Å². The van der Waals surface area contributed by atoms with E-state index >= 15 is 0 Å². The van der Waals surface area contributed by atoms with Gasteiger partial charge in [0, 0.05) is 41.7 Å². The summed E-state index contributed by atoms with van der Waals surface area (Å²) in [6.45, 7) is 0. The monoisotopic (exact) mass is 338 g/mol. The van der Waals surface area contributed by atoms with E-state index in [1.165, 1.54) is 0 Å². The third-order valence-electron chi connectivity index (χ3n) is 0. The first-order valence-corrected chi connectivity index (χ1v) is 1.50. The zero-order valence-corrected chi connectivity index (χ0v) is 7.72. The van der Waals surface area contributed by atoms with E-state index in [0.717, 1.165) is 0 Å². The van der Waals surface area contributed by atoms with Crippen LogP contribution in [0.3, 0.4) is 0 Å². The van der Waals surface area contributed by atoms with Gasteiger partial charge in [0.25, 0.3) is 0 Å². The van der Waals surface area contributed by atoms with E-state index in [-0.39, 0.29) is 85.8 Å². The molecule has 0 fully saturated rings. The molecule has 0 spiro atoms. The van der Waals surface area contributed by atoms with Gasteiger partial charge < -0.3 is 0 Å². The first kappa shape index (κ1) is 15.9. The van der Waals surface area contributed by atoms with Gasteiger partial charge in [-0.2, -0.15) is 0 Å². The van der Waals surface area contributed by atoms with Gasteiger partial charge in [-0.3, -0.25) is 0 Å². The van der Waals surface area contributed by atoms with Crippen molar-refractivity contribution in [2.45, 2.75) is 0 Å². The van der Waals surface area contributed by atoms with E-state index < -0.39 is 0 Å². The van der Waals surface area contributed by atoms with Crippen LogP contribution < -0.4 is 0 Å². The molecule has 4 heavy (non-hydrogen) atoms. The van der Waals surface area contributed by atoms with E-state index in [2.05, 4.69) is 0 Å². The molecule has 0 N–H and O–H groups in total. The van der Waals surface area contributed by atoms with Gasteiger partial charge >= 0.3 is 47.7 Å². The molecule has 0 aliphatic heterocycles. The Balaban J connectivity index is -0.00000000500. The normalized spacial score (nSPS) is 1.50. The van der Waals surface area contributed by atoms with Crippen molar-refractivity contribution in [1.82, 2.24) is 0 Å². The SMILES string of the molecule is [Ce].[InH3].[O]=[Zn]. The molecule has 0 aliphatic rings. The average molecular weight is 339 g/mol. The average Bonchev–Trinajstić information content (AvgIpc) is 1.00. The van der Waals surface area contributed by atoms with Crippen LogP contribution in [0.15, 0.2) is 0 Å². The van der Waals surface area contributed by atoms with E-state index in [1.807, 2.05) is 0 Å². The van der Waals surface area contributed by atoms with Crippen molar-refractivity contribution in [3.8, 4) is 0 Å². The molecular formula is H3CeInOZn. The van der Waals surface area contributed by atoms with E-state index in [9.17, 15) is 0 Å². The van der Waals surface area contributed by atoms with Crippen LogP contribution in [-0.4, -0.2) is 25.8 Å². The van der Waals surface area contributed by atoms with E-state index in [0.29, 0.717) is 0 Å². The molecule has 0 aliphatic carbocycles. The fourth-order valence-electron chi connectivity index (χ4n) is 0. The molecule has 0 aromatic heterocycles. The molecule has 0 atom stereocenters. The van der Waals surface area contributed by atoms with Crippen molar-refractivity contribution in [3.63, 3.8) is 0 Å². The topological polar surface area (TPSA) is 17.1 Å². The summed E-state index contributed by atoms with van der Waals surface area (Å²) in [6, 6.07) is 0. The summed E-state index contributed by atoms with van der Waals surface area (Å²) in [7, 11) is 0. The predicted octanol–water partition coefficient (Wildman–Crippen LogP) is -1.31. The minimum atomic E-state index is 0. The van der Waals surface area contributed by atoms with Crippen LogP contribution in [-0.2, 0) is 21.8 Å². The van der Waals surface area contributed by atoms with Crippen LogP contribution in [0.25, 0.3) is 0 Å². The molecule has 0 radical (unpaired) electrons. The molecule has 0 rings (SSSR count). The summed E-state index contributed by atoms with van der Waals surface area (Å²) in [5, 5.41) is 0. The summed E-state index contributed by atoms with van der Waals surface area (Å²) in [5.41, 5.74) is 0. The Labute approximate surface area is 87.4 Å². The molecule has 0 saturated heterocycles. The van der Waals surface area contributed by atoms with Gasteiger partial charge in [-0.15, -0.1) is 0 Å². The fourth-order valence-corrected chi connectivity index (χ4v) is 0. The maximum absolute atomic E-state index is 8.38. The van der Waals surface area contributed by atoms with Crippen LogP contribution >= 0.6 is 0 Å². The summed E-state index contributed by atoms with van der Waals surface area (Å²) in [6.07, 6.45) is 0. The first-order chi connectivity index (χ1) is 1.00. The molecule has 0 unspecified atom stereocenters. The molecule has 0 aromatic carbocycles. The Morgan fingerprint density at radius 1 is 1.25 bits per heavy atom. The molecule has 0 bridgehead atoms. The summed E-state index contributed by atoms with van der Waals surface area (Å²) in [5.74, 6) is 0. The zero-order valence-electron chi connectivity index (χ0n) is 1.62. The summed E-state index contributed by atoms with van der Waals surface area (Å²) < 4.78 is 8.38. The van der Waals surface area contributed by atoms with Crippen molar-refractivity contribution >= 4 is 25.8 Å². The summed E-state index contributed by atoms with van der Waals surface area (Å²) in [4.78, 5) is 0.